The van der Waals surface area contributed by atoms with Crippen molar-refractivity contribution in [2.75, 3.05) is 21.3 Å². The van der Waals surface area contributed by atoms with Crippen molar-refractivity contribution in [3.8, 4) is 17.2 Å². The Bertz CT molecular complexity index is 2050. The van der Waals surface area contributed by atoms with Crippen LogP contribution in [0.2, 0.25) is 20.1 Å². The van der Waals surface area contributed by atoms with Crippen molar-refractivity contribution in [1.82, 2.24) is 0 Å². The lowest BCUT2D eigenvalue weighted by atomic mass is 10.0. The molecule has 0 spiro atoms. The largest absolute Gasteiger partial charge is 0.496 e. The van der Waals surface area contributed by atoms with Gasteiger partial charge in [0.2, 0.25) is 0 Å². The molecular formula is C34H32Cl6N2O14. The number of esters is 1. The highest BCUT2D eigenvalue weighted by Gasteiger charge is 2.24. The predicted molar refractivity (Wildman–Crippen MR) is 209 cm³/mol. The minimum atomic E-state index is -0.862. The number of hydrogen-bond donors (Lipinski definition) is 4. The van der Waals surface area contributed by atoms with E-state index in [0.717, 1.165) is 12.1 Å². The Kier molecular flexibility index (Phi) is 21.1. The summed E-state index contributed by atoms with van der Waals surface area (Å²) >= 11 is 28.8. The number of hydrogen-bond acceptors (Lipinski definition) is 14. The van der Waals surface area contributed by atoms with Crippen LogP contribution in [-0.2, 0) is 37.8 Å². The van der Waals surface area contributed by atoms with Crippen molar-refractivity contribution >= 4 is 93.0 Å². The Morgan fingerprint density at radius 2 is 1.02 bits per heavy atom. The molecule has 0 amide bonds. The van der Waals surface area contributed by atoms with Crippen LogP contribution in [0.4, 0.5) is 11.4 Å². The molecule has 304 valence electrons. The molecule has 4 rings (SSSR count). The number of carbonyl (C=O) groups is 2. The first-order valence-corrected chi connectivity index (χ1v) is 16.9. The molecule has 0 aliphatic carbocycles. The molecule has 22 heteroatoms. The summed E-state index contributed by atoms with van der Waals surface area (Å²) in [5.41, 5.74) is 0.551. The Hall–Kier alpha value is -4.20. The van der Waals surface area contributed by atoms with E-state index in [2.05, 4.69) is 0 Å². The molecule has 4 N–H and O–H groups in total. The molecular weight excluding hydrogens is 873 g/mol. The van der Waals surface area contributed by atoms with Crippen LogP contribution < -0.4 is 14.2 Å². The van der Waals surface area contributed by atoms with Crippen molar-refractivity contribution < 1.29 is 58.8 Å². The van der Waals surface area contributed by atoms with Gasteiger partial charge in [-0.05, 0) is 59.1 Å². The van der Waals surface area contributed by atoms with E-state index in [1.807, 2.05) is 0 Å². The van der Waals surface area contributed by atoms with E-state index in [1.165, 1.54) is 57.7 Å². The van der Waals surface area contributed by atoms with E-state index >= 15 is 0 Å². The van der Waals surface area contributed by atoms with Gasteiger partial charge in [0.15, 0.2) is 11.5 Å². The van der Waals surface area contributed by atoms with E-state index < -0.39 is 40.9 Å². The third-order valence-electron chi connectivity index (χ3n) is 7.24. The molecule has 0 saturated carbocycles. The summed E-state index contributed by atoms with van der Waals surface area (Å²) in [7, 11) is 4.06. The molecule has 0 fully saturated rings. The zero-order valence-corrected chi connectivity index (χ0v) is 33.8. The number of aliphatic hydroxyl groups is 4. The smallest absolute Gasteiger partial charge is 0.343 e. The molecule has 0 bridgehead atoms. The Morgan fingerprint density at radius 1 is 0.607 bits per heavy atom. The summed E-state index contributed by atoms with van der Waals surface area (Å²) in [5.74, 6) is -0.391. The number of nitro groups is 2. The van der Waals surface area contributed by atoms with Crippen LogP contribution in [0.3, 0.4) is 0 Å². The number of methoxy groups -OCH3 is 3. The molecule has 0 aliphatic rings. The first-order valence-electron chi connectivity index (χ1n) is 15.0. The Morgan fingerprint density at radius 3 is 1.43 bits per heavy atom. The summed E-state index contributed by atoms with van der Waals surface area (Å²) in [4.78, 5) is 44.0. The molecule has 0 saturated heterocycles. The second kappa shape index (κ2) is 23.8. The van der Waals surface area contributed by atoms with E-state index in [4.69, 9.17) is 92.3 Å². The minimum absolute atomic E-state index is 0. The fraction of sp³-hybridized carbons (Fsp3) is 0.235. The lowest BCUT2D eigenvalue weighted by molar-refractivity contribution is -0.386. The summed E-state index contributed by atoms with van der Waals surface area (Å²) < 4.78 is 20.2. The van der Waals surface area contributed by atoms with Gasteiger partial charge in [-0.2, -0.15) is 0 Å². The van der Waals surface area contributed by atoms with Crippen LogP contribution in [0, 0.1) is 20.2 Å². The lowest BCUT2D eigenvalue weighted by Crippen LogP contribution is -2.10. The molecule has 0 aromatic heterocycles. The van der Waals surface area contributed by atoms with E-state index in [0.29, 0.717) is 16.1 Å². The van der Waals surface area contributed by atoms with Crippen molar-refractivity contribution in [3.63, 3.8) is 0 Å². The van der Waals surface area contributed by atoms with Crippen LogP contribution in [-0.4, -0.2) is 62.8 Å². The van der Waals surface area contributed by atoms with Gasteiger partial charge in [-0.25, -0.2) is 4.79 Å². The fourth-order valence-electron chi connectivity index (χ4n) is 4.63. The van der Waals surface area contributed by atoms with Gasteiger partial charge in [0.25, 0.3) is 16.6 Å². The molecule has 4 aromatic carbocycles. The van der Waals surface area contributed by atoms with Crippen LogP contribution in [0.1, 0.15) is 48.5 Å². The minimum Gasteiger partial charge on any atom is -0.496 e. The maximum atomic E-state index is 12.4. The monoisotopic (exact) mass is 902 g/mol. The molecule has 56 heavy (non-hydrogen) atoms. The molecule has 0 radical (unpaired) electrons. The number of ether oxygens (including phenoxy) is 4. The lowest BCUT2D eigenvalue weighted by Gasteiger charge is -2.13. The zero-order chi connectivity index (χ0) is 41.6. The Balaban J connectivity index is 0.000000457. The highest BCUT2D eigenvalue weighted by molar-refractivity contribution is 6.69. The highest BCUT2D eigenvalue weighted by atomic mass is 35.5. The second-order valence-electron chi connectivity index (χ2n) is 10.4. The van der Waals surface area contributed by atoms with E-state index in [-0.39, 0.29) is 97.1 Å². The van der Waals surface area contributed by atoms with Crippen LogP contribution in [0.25, 0.3) is 0 Å². The third-order valence-corrected chi connectivity index (χ3v) is 8.66. The average Bonchev–Trinajstić information content (AvgIpc) is 3.17. The molecule has 0 atom stereocenters. The number of rotatable bonds is 13. The zero-order valence-electron chi connectivity index (χ0n) is 29.2. The summed E-state index contributed by atoms with van der Waals surface area (Å²) in [6.45, 7) is -2.07. The number of nitrogens with zero attached hydrogens (tertiary/aromatic N) is 2. The van der Waals surface area contributed by atoms with Gasteiger partial charge in [-0.3, -0.25) is 25.0 Å². The number of halogens is 6. The van der Waals surface area contributed by atoms with Gasteiger partial charge < -0.3 is 39.4 Å². The number of benzene rings is 4. The topological polar surface area (TPSA) is 238 Å². The molecule has 0 heterocycles. The summed E-state index contributed by atoms with van der Waals surface area (Å²) in [5, 5.41) is 58.0. The quantitative estimate of drug-likeness (QED) is 0.0437. The van der Waals surface area contributed by atoms with Crippen molar-refractivity contribution in [3.05, 3.63) is 128 Å². The maximum Gasteiger partial charge on any atom is 0.343 e. The fourth-order valence-corrected chi connectivity index (χ4v) is 5.79. The van der Waals surface area contributed by atoms with Crippen molar-refractivity contribution in [2.24, 2.45) is 0 Å². The predicted octanol–water partition coefficient (Wildman–Crippen LogP) is 7.64. The van der Waals surface area contributed by atoms with Crippen LogP contribution >= 0.6 is 70.4 Å². The number of aliphatic hydroxyl groups excluding tert-OH is 4. The molecule has 0 unspecified atom stereocenters. The van der Waals surface area contributed by atoms with Crippen LogP contribution in [0.15, 0.2) is 48.5 Å². The van der Waals surface area contributed by atoms with Gasteiger partial charge in [-0.1, -0.05) is 46.4 Å². The molecule has 16 nitrogen and oxygen atoms in total. The van der Waals surface area contributed by atoms with Crippen molar-refractivity contribution in [1.29, 1.82) is 0 Å². The van der Waals surface area contributed by atoms with E-state index in [1.54, 1.807) is 0 Å². The van der Waals surface area contributed by atoms with Gasteiger partial charge >= 0.3 is 5.97 Å². The first kappa shape index (κ1) is 49.8. The number of carbonyl (C=O) groups excluding carboxylic acids is 2. The highest BCUT2D eigenvalue weighted by Crippen LogP contribution is 2.36. The third kappa shape index (κ3) is 12.7. The second-order valence-corrected chi connectivity index (χ2v) is 12.4. The summed E-state index contributed by atoms with van der Waals surface area (Å²) in [6.07, 6.45) is 0. The Labute approximate surface area is 349 Å². The molecule has 0 aliphatic heterocycles. The van der Waals surface area contributed by atoms with Gasteiger partial charge in [0, 0.05) is 17.7 Å². The maximum absolute atomic E-state index is 12.4. The van der Waals surface area contributed by atoms with Gasteiger partial charge in [-0.15, -0.1) is 12.4 Å². The normalized spacial score (nSPS) is 10.1. The standard InChI is InChI=1S/C17H15Cl2NO7.C9H11NO5.C8H5Cl3O2.ClH/c1-25-14-6-10(13(20(23)24)5-9(14)7-21)8-27-17(22)15-11(18)3-4-12(19)16(15)26-2;11-3-6-1-8(5-13)9(10(14)15)2-7(6)4-12;1-13-7-5(10)3-2-4(9)6(7)8(11)12;/h3-6,21H,7-8H2,1-2H3;1-2,11-13H,3-5H2;2-3H,1H3;1H. The number of nitro benzene ring substituents is 2. The summed E-state index contributed by atoms with van der Waals surface area (Å²) in [6, 6.07) is 10.9. The van der Waals surface area contributed by atoms with Gasteiger partial charge in [0.05, 0.1) is 94.4 Å². The van der Waals surface area contributed by atoms with Crippen LogP contribution in [0.5, 0.6) is 17.2 Å². The SMILES string of the molecule is COc1c(Cl)ccc(Cl)c1C(=O)Cl.COc1cc(COC(=O)c2c(Cl)ccc(Cl)c2OC)c([N+](=O)[O-])cc1CO.Cl.O=[N+]([O-])c1cc(CO)c(CO)cc1CO. The first-order chi connectivity index (χ1) is 26.0. The average molecular weight is 905 g/mol. The van der Waals surface area contributed by atoms with Crippen molar-refractivity contribution in [2.45, 2.75) is 33.0 Å². The van der Waals surface area contributed by atoms with E-state index in [9.17, 15) is 34.9 Å². The molecule has 4 aromatic rings. The van der Waals surface area contributed by atoms with Gasteiger partial charge in [0.1, 0.15) is 17.9 Å².